The molecular formula is C34H33ClFN5O4. The van der Waals surface area contributed by atoms with E-state index in [0.717, 1.165) is 31.5 Å². The van der Waals surface area contributed by atoms with E-state index in [9.17, 15) is 14.4 Å². The van der Waals surface area contributed by atoms with Crippen LogP contribution in [0.2, 0.25) is 5.02 Å². The number of nitrogens with zero attached hydrogens (tertiary/aromatic N) is 3. The van der Waals surface area contributed by atoms with E-state index < -0.39 is 0 Å². The smallest absolute Gasteiger partial charge is 0.248 e. The highest BCUT2D eigenvalue weighted by Crippen LogP contribution is 2.37. The molecule has 45 heavy (non-hydrogen) atoms. The predicted octanol–water partition coefficient (Wildman–Crippen LogP) is 6.84. The fourth-order valence-corrected chi connectivity index (χ4v) is 5.16. The molecule has 11 heteroatoms. The first-order chi connectivity index (χ1) is 21.8. The molecule has 0 aliphatic carbocycles. The highest BCUT2D eigenvalue weighted by Gasteiger charge is 2.17. The van der Waals surface area contributed by atoms with Crippen LogP contribution in [0.15, 0.2) is 72.4 Å². The standard InChI is InChI=1S/C34H33ClFN5O4/c1-41-10-8-22(9-11-41)15-33(42)40-30-17-27-29(18-32(30)44-13-12-43-2)38-20-24(19-37)34(27)39-26-6-7-31(28(35)16-26)45-21-23-4-3-5-25(36)14-23/h3-7,14-18,20H,8-13,21H2,1-2H3,(H,38,39)(H,40,42). The fraction of sp³-hybridized carbons (Fsp3) is 0.265. The average molecular weight is 630 g/mol. The Morgan fingerprint density at radius 1 is 1.11 bits per heavy atom. The molecule has 232 valence electrons. The van der Waals surface area contributed by atoms with Gasteiger partial charge in [0.25, 0.3) is 0 Å². The topological polar surface area (TPSA) is 109 Å². The number of pyridine rings is 1. The highest BCUT2D eigenvalue weighted by atomic mass is 35.5. The lowest BCUT2D eigenvalue weighted by molar-refractivity contribution is -0.112. The van der Waals surface area contributed by atoms with Crippen LogP contribution >= 0.6 is 11.6 Å². The molecule has 4 aromatic rings. The molecule has 2 heterocycles. The number of piperidine rings is 1. The number of carbonyl (C=O) groups excluding carboxylic acids is 1. The number of carbonyl (C=O) groups is 1. The van der Waals surface area contributed by atoms with Crippen molar-refractivity contribution in [3.8, 4) is 17.6 Å². The van der Waals surface area contributed by atoms with Crippen LogP contribution in [0.1, 0.15) is 24.0 Å². The van der Waals surface area contributed by atoms with Gasteiger partial charge in [0.15, 0.2) is 0 Å². The summed E-state index contributed by atoms with van der Waals surface area (Å²) in [4.78, 5) is 19.8. The minimum absolute atomic E-state index is 0.148. The van der Waals surface area contributed by atoms with Gasteiger partial charge in [0.2, 0.25) is 5.91 Å². The first-order valence-electron chi connectivity index (χ1n) is 14.4. The molecule has 3 aromatic carbocycles. The molecule has 1 saturated heterocycles. The number of ether oxygens (including phenoxy) is 3. The number of fused-ring (bicyclic) bond motifs is 1. The second-order valence-electron chi connectivity index (χ2n) is 10.6. The Hall–Kier alpha value is -4.69. The van der Waals surface area contributed by atoms with Gasteiger partial charge in [-0.15, -0.1) is 0 Å². The quantitative estimate of drug-likeness (QED) is 0.137. The van der Waals surface area contributed by atoms with Gasteiger partial charge >= 0.3 is 0 Å². The second kappa shape index (κ2) is 14.9. The van der Waals surface area contributed by atoms with Crippen molar-refractivity contribution in [2.24, 2.45) is 0 Å². The third kappa shape index (κ3) is 8.28. The van der Waals surface area contributed by atoms with E-state index in [1.807, 2.05) is 0 Å². The second-order valence-corrected chi connectivity index (χ2v) is 11.1. The number of aromatic nitrogens is 1. The maximum Gasteiger partial charge on any atom is 0.248 e. The summed E-state index contributed by atoms with van der Waals surface area (Å²) >= 11 is 6.54. The monoisotopic (exact) mass is 629 g/mol. The number of anilines is 3. The van der Waals surface area contributed by atoms with Gasteiger partial charge in [-0.2, -0.15) is 5.26 Å². The maximum atomic E-state index is 13.5. The van der Waals surface area contributed by atoms with Crippen molar-refractivity contribution in [3.05, 3.63) is 94.4 Å². The van der Waals surface area contributed by atoms with Crippen molar-refractivity contribution >= 4 is 45.5 Å². The Kier molecular flexibility index (Phi) is 10.5. The predicted molar refractivity (Wildman–Crippen MR) is 173 cm³/mol. The Morgan fingerprint density at radius 2 is 1.93 bits per heavy atom. The van der Waals surface area contributed by atoms with Crippen LogP contribution in [-0.2, 0) is 16.1 Å². The van der Waals surface area contributed by atoms with Gasteiger partial charge in [-0.25, -0.2) is 4.39 Å². The van der Waals surface area contributed by atoms with Crippen LogP contribution < -0.4 is 20.1 Å². The van der Waals surface area contributed by atoms with Gasteiger partial charge in [0.1, 0.15) is 36.6 Å². The third-order valence-corrected chi connectivity index (χ3v) is 7.64. The number of nitriles is 1. The van der Waals surface area contributed by atoms with E-state index in [0.29, 0.717) is 62.2 Å². The minimum Gasteiger partial charge on any atom is -0.489 e. The molecule has 1 aliphatic heterocycles. The Labute approximate surface area is 266 Å². The molecule has 1 aromatic heterocycles. The van der Waals surface area contributed by atoms with Crippen LogP contribution in [0.25, 0.3) is 10.9 Å². The van der Waals surface area contributed by atoms with Crippen LogP contribution in [-0.4, -0.2) is 56.3 Å². The number of halogens is 2. The molecule has 5 rings (SSSR count). The van der Waals surface area contributed by atoms with Gasteiger partial charge in [0.05, 0.1) is 34.1 Å². The fourth-order valence-electron chi connectivity index (χ4n) is 4.92. The van der Waals surface area contributed by atoms with Crippen LogP contribution in [0.4, 0.5) is 21.5 Å². The zero-order valence-corrected chi connectivity index (χ0v) is 25.8. The van der Waals surface area contributed by atoms with Gasteiger partial charge in [-0.05, 0) is 61.9 Å². The lowest BCUT2D eigenvalue weighted by atomic mass is 10.0. The van der Waals surface area contributed by atoms with Gasteiger partial charge in [-0.3, -0.25) is 9.78 Å². The molecule has 0 spiro atoms. The van der Waals surface area contributed by atoms with E-state index in [2.05, 4.69) is 33.6 Å². The lowest BCUT2D eigenvalue weighted by Gasteiger charge is -2.23. The Morgan fingerprint density at radius 3 is 2.67 bits per heavy atom. The number of hydrogen-bond donors (Lipinski definition) is 2. The van der Waals surface area contributed by atoms with Crippen molar-refractivity contribution in [1.82, 2.24) is 9.88 Å². The molecule has 0 bridgehead atoms. The molecule has 0 unspecified atom stereocenters. The van der Waals surface area contributed by atoms with Crippen molar-refractivity contribution in [2.75, 3.05) is 51.1 Å². The SMILES string of the molecule is COCCOc1cc2ncc(C#N)c(Nc3ccc(OCc4cccc(F)c4)c(Cl)c3)c2cc1NC(=O)C=C1CCN(C)CC1. The van der Waals surface area contributed by atoms with E-state index in [-0.39, 0.29) is 24.9 Å². The van der Waals surface area contributed by atoms with Gasteiger partial charge in [-0.1, -0.05) is 29.3 Å². The zero-order valence-electron chi connectivity index (χ0n) is 25.0. The Bertz CT molecular complexity index is 1760. The molecule has 9 nitrogen and oxygen atoms in total. The van der Waals surface area contributed by atoms with Crippen molar-refractivity contribution in [3.63, 3.8) is 0 Å². The average Bonchev–Trinajstić information content (AvgIpc) is 3.02. The molecular weight excluding hydrogens is 597 g/mol. The maximum absolute atomic E-state index is 13.5. The first kappa shape index (κ1) is 31.7. The number of rotatable bonds is 11. The summed E-state index contributed by atoms with van der Waals surface area (Å²) in [6.07, 6.45) is 4.79. The molecule has 1 fully saturated rings. The summed E-state index contributed by atoms with van der Waals surface area (Å²) < 4.78 is 30.4. The highest BCUT2D eigenvalue weighted by molar-refractivity contribution is 6.32. The molecule has 0 atom stereocenters. The first-order valence-corrected chi connectivity index (χ1v) is 14.8. The molecule has 1 amide bonds. The summed E-state index contributed by atoms with van der Waals surface area (Å²) in [5.74, 6) is 0.254. The molecule has 0 radical (unpaired) electrons. The minimum atomic E-state index is -0.342. The number of benzene rings is 3. The summed E-state index contributed by atoms with van der Waals surface area (Å²) in [7, 11) is 3.65. The number of hydrogen-bond acceptors (Lipinski definition) is 8. The normalized spacial score (nSPS) is 13.3. The van der Waals surface area contributed by atoms with Gasteiger partial charge in [0, 0.05) is 49.6 Å². The van der Waals surface area contributed by atoms with Crippen LogP contribution in [0.3, 0.4) is 0 Å². The van der Waals surface area contributed by atoms with E-state index >= 15 is 0 Å². The summed E-state index contributed by atoms with van der Waals surface area (Å²) in [6, 6.07) is 17.0. The summed E-state index contributed by atoms with van der Waals surface area (Å²) in [5, 5.41) is 17.1. The van der Waals surface area contributed by atoms with Crippen molar-refractivity contribution in [2.45, 2.75) is 19.4 Å². The van der Waals surface area contributed by atoms with Crippen molar-refractivity contribution in [1.29, 1.82) is 5.26 Å². The van der Waals surface area contributed by atoms with E-state index in [1.165, 1.54) is 18.3 Å². The van der Waals surface area contributed by atoms with E-state index in [4.69, 9.17) is 25.8 Å². The number of amides is 1. The molecule has 1 aliphatic rings. The zero-order chi connectivity index (χ0) is 31.8. The molecule has 2 N–H and O–H groups in total. The third-order valence-electron chi connectivity index (χ3n) is 7.34. The number of methoxy groups -OCH3 is 1. The van der Waals surface area contributed by atoms with E-state index in [1.54, 1.807) is 55.7 Å². The summed E-state index contributed by atoms with van der Waals surface area (Å²) in [5.41, 5.74) is 4.13. The lowest BCUT2D eigenvalue weighted by Crippen LogP contribution is -2.27. The van der Waals surface area contributed by atoms with Crippen molar-refractivity contribution < 1.29 is 23.4 Å². The molecule has 0 saturated carbocycles. The number of nitrogens with one attached hydrogen (secondary N) is 2. The number of likely N-dealkylation sites (tertiary alicyclic amines) is 1. The van der Waals surface area contributed by atoms with Crippen LogP contribution in [0, 0.1) is 17.1 Å². The Balaban J connectivity index is 1.43. The van der Waals surface area contributed by atoms with Gasteiger partial charge < -0.3 is 29.7 Å². The van der Waals surface area contributed by atoms with Crippen LogP contribution in [0.5, 0.6) is 11.5 Å². The summed E-state index contributed by atoms with van der Waals surface area (Å²) in [6.45, 7) is 2.59. The largest absolute Gasteiger partial charge is 0.489 e.